The molecule has 3 aromatic rings. The third-order valence-electron chi connectivity index (χ3n) is 16.9. The Kier molecular flexibility index (Phi) is 55.0. The predicted molar refractivity (Wildman–Crippen MR) is 378 cm³/mol. The van der Waals surface area contributed by atoms with Crippen LogP contribution in [-0.4, -0.2) is 50.9 Å². The Balaban J connectivity index is 0.00000654. The summed E-state index contributed by atoms with van der Waals surface area (Å²) in [5.74, 6) is 5.09. The molecule has 0 unspecified atom stereocenters. The maximum Gasteiger partial charge on any atom is 0.250 e. The van der Waals surface area contributed by atoms with Crippen LogP contribution in [0, 0.1) is 0 Å². The zero-order chi connectivity index (χ0) is 64.1. The number of ether oxygens (including phenoxy) is 6. The van der Waals surface area contributed by atoms with Crippen molar-refractivity contribution in [2.45, 2.75) is 364 Å². The van der Waals surface area contributed by atoms with E-state index in [4.69, 9.17) is 43.4 Å². The van der Waals surface area contributed by atoms with E-state index in [0.29, 0.717) is 39.6 Å². The van der Waals surface area contributed by atoms with E-state index in [9.17, 15) is 0 Å². The van der Waals surface area contributed by atoms with Gasteiger partial charge in [-0.25, -0.2) is 0 Å². The number of hydrogen-bond donors (Lipinski definition) is 1. The normalized spacial score (nSPS) is 11.2. The van der Waals surface area contributed by atoms with Crippen LogP contribution in [0.3, 0.4) is 0 Å². The van der Waals surface area contributed by atoms with Crippen LogP contribution in [0.5, 0.6) is 34.5 Å². The van der Waals surface area contributed by atoms with Gasteiger partial charge in [-0.15, -0.1) is 0 Å². The lowest BCUT2D eigenvalue weighted by atomic mass is 10.1. The maximum absolute atomic E-state index is 8.44. The van der Waals surface area contributed by atoms with Crippen LogP contribution in [0.1, 0.15) is 350 Å². The molecule has 0 aliphatic carbocycles. The number of rotatable bonds is 63. The summed E-state index contributed by atoms with van der Waals surface area (Å²) in [4.78, 5) is 11.8. The molecule has 0 aromatic heterocycles. The van der Waals surface area contributed by atoms with E-state index >= 15 is 0 Å². The van der Waals surface area contributed by atoms with Crippen molar-refractivity contribution in [3.05, 3.63) is 54.6 Å². The van der Waals surface area contributed by atoms with E-state index in [-0.39, 0.29) is 0 Å². The van der Waals surface area contributed by atoms with Gasteiger partial charge in [0.2, 0.25) is 6.16 Å². The predicted octanol–water partition coefficient (Wildman–Crippen LogP) is 24.8. The zero-order valence-electron chi connectivity index (χ0n) is 58.5. The molecule has 10 heteroatoms. The largest absolute Gasteiger partial charge is 0.565 e. The molecule has 0 heterocycles. The molecule has 3 rings (SSSR count). The van der Waals surface area contributed by atoms with Crippen molar-refractivity contribution in [2.75, 3.05) is 39.6 Å². The average molecular weight is 1260 g/mol. The summed E-state index contributed by atoms with van der Waals surface area (Å²) in [5.41, 5.74) is 0. The molecule has 1 N–H and O–H groups in total. The fourth-order valence-electron chi connectivity index (χ4n) is 11.5. The summed E-state index contributed by atoms with van der Waals surface area (Å²) in [6.07, 6.45) is 58.2. The molecule has 0 saturated carbocycles. The van der Waals surface area contributed by atoms with Gasteiger partial charge in [0.15, 0.2) is 27.9 Å². The third-order valence-corrected chi connectivity index (χ3v) is 19.3. The van der Waals surface area contributed by atoms with Gasteiger partial charge in [-0.3, -0.25) is 0 Å². The number of benzene rings is 3. The van der Waals surface area contributed by atoms with Gasteiger partial charge in [0.05, 0.1) is 39.6 Å². The molecule has 0 saturated heterocycles. The minimum Gasteiger partial charge on any atom is -0.565 e. The van der Waals surface area contributed by atoms with E-state index in [1.165, 1.54) is 249 Å². The van der Waals surface area contributed by atoms with Crippen molar-refractivity contribution in [3.8, 4) is 34.5 Å². The van der Waals surface area contributed by atoms with Gasteiger partial charge in [0.25, 0.3) is 9.79 Å². The average Bonchev–Trinajstić information content (AvgIpc) is 1.35. The fourth-order valence-corrected chi connectivity index (χ4v) is 13.9. The standard InChI is InChI=1S/C78H135O6S.CH2O3/c1-7-13-19-25-31-37-43-52-60-79-70-66-73(81-62-54-45-39-33-27-21-15-9-3)77(74(67-70)82-63-55-46-40-34-28-22-16-10-4)85(72-58-50-49-51-59-72)78-75(83-64-56-47-41-35-29-23-17-11-5)68-71(80-61-53-44-38-32-26-20-14-8-2)69-76(78)84-65-57-48-42-36-30-24-18-12-6;2-1(3)4/h49-51,58-59,66-69H,7-48,52-57,60-65H2,1-6H3;(H2,2,3,4)/q+1;/p-1. The molecule has 0 radical (unpaired) electrons. The Morgan fingerprint density at radius 2 is 0.483 bits per heavy atom. The van der Waals surface area contributed by atoms with Crippen molar-refractivity contribution < 1.29 is 43.4 Å². The first-order valence-electron chi connectivity index (χ1n) is 37.7. The number of carboxylic acid groups (broad SMARTS) is 2. The maximum atomic E-state index is 8.44. The van der Waals surface area contributed by atoms with E-state index < -0.39 is 17.1 Å². The van der Waals surface area contributed by atoms with Gasteiger partial charge in [0, 0.05) is 24.3 Å². The van der Waals surface area contributed by atoms with E-state index in [2.05, 4.69) is 96.1 Å². The van der Waals surface area contributed by atoms with Gasteiger partial charge in [-0.1, -0.05) is 329 Å². The van der Waals surface area contributed by atoms with E-state index in [0.717, 1.165) is 108 Å². The molecule has 512 valence electrons. The SMILES string of the molecule is CCCCCCCCCCOc1cc(OCCCCCCCCCC)c([S+](c2ccccc2)c2c(OCCCCCCCCCC)cc(OCCCCCCCCCC)cc2OCCCCCCCCCC)c(OCCCCCCCCCC)c1.O=C([O-])O. The lowest BCUT2D eigenvalue weighted by Crippen LogP contribution is -2.17. The highest BCUT2D eigenvalue weighted by atomic mass is 32.2. The van der Waals surface area contributed by atoms with E-state index in [1.807, 2.05) is 0 Å². The summed E-state index contributed by atoms with van der Waals surface area (Å²) >= 11 is 0. The summed E-state index contributed by atoms with van der Waals surface area (Å²) in [5, 5.41) is 15.3. The molecule has 0 amide bonds. The van der Waals surface area contributed by atoms with E-state index in [1.54, 1.807) is 0 Å². The topological polar surface area (TPSA) is 116 Å². The summed E-state index contributed by atoms with van der Waals surface area (Å²) in [7, 11) is -0.771. The molecule has 0 aliphatic heterocycles. The van der Waals surface area contributed by atoms with Gasteiger partial charge in [0.1, 0.15) is 22.4 Å². The minimum absolute atomic E-state index is 0.641. The Labute approximate surface area is 550 Å². The molecule has 0 atom stereocenters. The first-order chi connectivity index (χ1) is 43.8. The Morgan fingerprint density at radius 3 is 0.685 bits per heavy atom. The summed E-state index contributed by atoms with van der Waals surface area (Å²) in [6.45, 7) is 17.7. The molecule has 9 nitrogen and oxygen atoms in total. The molecule has 3 aromatic carbocycles. The number of hydrogen-bond acceptors (Lipinski definition) is 8. The van der Waals surface area contributed by atoms with Crippen molar-refractivity contribution in [2.24, 2.45) is 0 Å². The smallest absolute Gasteiger partial charge is 0.250 e. The summed E-state index contributed by atoms with van der Waals surface area (Å²) < 4.78 is 42.6. The van der Waals surface area contributed by atoms with Crippen molar-refractivity contribution in [1.29, 1.82) is 0 Å². The molecule has 0 aliphatic rings. The van der Waals surface area contributed by atoms with Crippen LogP contribution < -0.4 is 33.5 Å². The van der Waals surface area contributed by atoms with Crippen LogP contribution in [0.4, 0.5) is 4.79 Å². The number of unbranched alkanes of at least 4 members (excludes halogenated alkanes) is 42. The van der Waals surface area contributed by atoms with Crippen molar-refractivity contribution >= 4 is 17.1 Å². The first kappa shape index (κ1) is 81.2. The molecule has 89 heavy (non-hydrogen) atoms. The van der Waals surface area contributed by atoms with Crippen LogP contribution in [0.2, 0.25) is 0 Å². The monoisotopic (exact) mass is 1260 g/mol. The highest BCUT2D eigenvalue weighted by Crippen LogP contribution is 2.51. The van der Waals surface area contributed by atoms with Crippen LogP contribution >= 0.6 is 0 Å². The van der Waals surface area contributed by atoms with Gasteiger partial charge in [-0.2, -0.15) is 0 Å². The van der Waals surface area contributed by atoms with Gasteiger partial charge in [-0.05, 0) is 50.7 Å². The lowest BCUT2D eigenvalue weighted by molar-refractivity contribution is -0.275. The Morgan fingerprint density at radius 1 is 0.303 bits per heavy atom. The highest BCUT2D eigenvalue weighted by molar-refractivity contribution is 7.97. The van der Waals surface area contributed by atoms with Gasteiger partial charge >= 0.3 is 0 Å². The van der Waals surface area contributed by atoms with Crippen LogP contribution in [0.25, 0.3) is 0 Å². The zero-order valence-corrected chi connectivity index (χ0v) is 59.3. The second-order valence-electron chi connectivity index (χ2n) is 25.3. The first-order valence-corrected chi connectivity index (χ1v) is 38.9. The van der Waals surface area contributed by atoms with Crippen molar-refractivity contribution in [3.63, 3.8) is 0 Å². The second-order valence-corrected chi connectivity index (χ2v) is 27.2. The second kappa shape index (κ2) is 60.3. The van der Waals surface area contributed by atoms with Crippen LogP contribution in [-0.2, 0) is 10.9 Å². The molecule has 0 spiro atoms. The van der Waals surface area contributed by atoms with Gasteiger partial charge < -0.3 is 43.4 Å². The quantitative estimate of drug-likeness (QED) is 0.0436. The molecule has 0 fully saturated rings. The van der Waals surface area contributed by atoms with Crippen LogP contribution in [0.15, 0.2) is 69.3 Å². The molecule has 0 bridgehead atoms. The molecular formula is C79H136O9S. The van der Waals surface area contributed by atoms with Crippen molar-refractivity contribution in [1.82, 2.24) is 0 Å². The Bertz CT molecular complexity index is 1820. The summed E-state index contributed by atoms with van der Waals surface area (Å²) in [6, 6.07) is 20.0. The number of carbonyl (C=O) groups is 1. The highest BCUT2D eigenvalue weighted by Gasteiger charge is 2.43. The Hall–Kier alpha value is -3.92. The minimum atomic E-state index is -2.08. The third kappa shape index (κ3) is 43.5. The fraction of sp³-hybridized carbons (Fsp3) is 0.759. The molecular weight excluding hydrogens is 1120 g/mol. The lowest BCUT2D eigenvalue weighted by Gasteiger charge is -2.22.